The van der Waals surface area contributed by atoms with Crippen LogP contribution < -0.4 is 10.5 Å². The highest BCUT2D eigenvalue weighted by molar-refractivity contribution is 5.46. The summed E-state index contributed by atoms with van der Waals surface area (Å²) in [6, 6.07) is 7.84. The van der Waals surface area contributed by atoms with Crippen LogP contribution in [0.15, 0.2) is 24.3 Å². The number of ether oxygens (including phenoxy) is 1. The molecule has 2 aromatic rings. The fourth-order valence-electron chi connectivity index (χ4n) is 1.77. The highest BCUT2D eigenvalue weighted by atomic mass is 16.5. The number of aromatic nitrogens is 2. The van der Waals surface area contributed by atoms with Gasteiger partial charge in [0, 0.05) is 6.42 Å². The summed E-state index contributed by atoms with van der Waals surface area (Å²) in [4.78, 5) is 8.72. The molecule has 0 aliphatic rings. The van der Waals surface area contributed by atoms with Crippen molar-refractivity contribution in [1.29, 1.82) is 0 Å². The monoisotopic (exact) mass is 257 g/mol. The zero-order valence-electron chi connectivity index (χ0n) is 11.6. The van der Waals surface area contributed by atoms with E-state index in [0.717, 1.165) is 35.5 Å². The Labute approximate surface area is 113 Å². The molecule has 0 unspecified atom stereocenters. The van der Waals surface area contributed by atoms with E-state index in [1.54, 1.807) is 0 Å². The fourth-order valence-corrected chi connectivity index (χ4v) is 1.77. The van der Waals surface area contributed by atoms with Crippen LogP contribution in [0, 0.1) is 13.8 Å². The van der Waals surface area contributed by atoms with E-state index in [1.807, 2.05) is 38.1 Å². The van der Waals surface area contributed by atoms with Gasteiger partial charge in [-0.2, -0.15) is 4.98 Å². The first kappa shape index (κ1) is 13.3. The van der Waals surface area contributed by atoms with Gasteiger partial charge in [0.25, 0.3) is 0 Å². The van der Waals surface area contributed by atoms with Crippen molar-refractivity contribution in [2.45, 2.75) is 33.6 Å². The second kappa shape index (κ2) is 5.69. The number of anilines is 1. The summed E-state index contributed by atoms with van der Waals surface area (Å²) in [7, 11) is 0. The predicted octanol–water partition coefficient (Wildman–Crippen LogP) is 3.42. The Morgan fingerprint density at radius 2 is 1.89 bits per heavy atom. The number of nitrogens with two attached hydrogens (primary N) is 1. The third-order valence-corrected chi connectivity index (χ3v) is 2.96. The Morgan fingerprint density at radius 1 is 1.16 bits per heavy atom. The molecule has 0 amide bonds. The molecule has 1 aromatic carbocycles. The van der Waals surface area contributed by atoms with Crippen molar-refractivity contribution in [3.8, 4) is 11.6 Å². The average Bonchev–Trinajstić information content (AvgIpc) is 2.38. The molecular weight excluding hydrogens is 238 g/mol. The third kappa shape index (κ3) is 3.02. The van der Waals surface area contributed by atoms with E-state index >= 15 is 0 Å². The molecule has 0 radical (unpaired) electrons. The number of para-hydroxylation sites is 1. The summed E-state index contributed by atoms with van der Waals surface area (Å²) < 4.78 is 5.88. The number of hydrogen-bond donors (Lipinski definition) is 1. The van der Waals surface area contributed by atoms with Gasteiger partial charge in [0.1, 0.15) is 17.4 Å². The van der Waals surface area contributed by atoms with Crippen LogP contribution in [0.25, 0.3) is 0 Å². The number of nitrogen functional groups attached to an aromatic ring is 1. The summed E-state index contributed by atoms with van der Waals surface area (Å²) in [6.07, 6.45) is 1.78. The molecule has 0 aliphatic carbocycles. The lowest BCUT2D eigenvalue weighted by atomic mass is 10.2. The number of hydrogen-bond acceptors (Lipinski definition) is 4. The standard InChI is InChI=1S/C15H19N3O/c1-4-7-13-17-14(16)11(3)15(18-13)19-12-9-6-5-8-10(12)2/h5-6,8-9H,4,7H2,1-3H3,(H2,16,17,18). The zero-order chi connectivity index (χ0) is 13.8. The molecule has 0 spiro atoms. The van der Waals surface area contributed by atoms with Crippen LogP contribution in [-0.4, -0.2) is 9.97 Å². The molecule has 0 atom stereocenters. The maximum Gasteiger partial charge on any atom is 0.227 e. The summed E-state index contributed by atoms with van der Waals surface area (Å²) in [6.45, 7) is 5.96. The van der Waals surface area contributed by atoms with Gasteiger partial charge in [-0.3, -0.25) is 0 Å². The fraction of sp³-hybridized carbons (Fsp3) is 0.333. The largest absolute Gasteiger partial charge is 0.438 e. The minimum atomic E-state index is 0.488. The molecule has 2 rings (SSSR count). The lowest BCUT2D eigenvalue weighted by molar-refractivity contribution is 0.451. The van der Waals surface area contributed by atoms with Crippen LogP contribution in [0.4, 0.5) is 5.82 Å². The molecule has 0 aliphatic heterocycles. The molecule has 1 aromatic heterocycles. The van der Waals surface area contributed by atoms with Crippen molar-refractivity contribution in [3.63, 3.8) is 0 Å². The number of rotatable bonds is 4. The lowest BCUT2D eigenvalue weighted by Crippen LogP contribution is -2.05. The van der Waals surface area contributed by atoms with E-state index in [1.165, 1.54) is 0 Å². The molecule has 19 heavy (non-hydrogen) atoms. The van der Waals surface area contributed by atoms with Crippen LogP contribution in [0.3, 0.4) is 0 Å². The molecular formula is C15H19N3O. The molecule has 0 fully saturated rings. The molecule has 1 heterocycles. The third-order valence-electron chi connectivity index (χ3n) is 2.96. The first-order chi connectivity index (χ1) is 9.11. The highest BCUT2D eigenvalue weighted by Crippen LogP contribution is 2.27. The SMILES string of the molecule is CCCc1nc(N)c(C)c(Oc2ccccc2C)n1. The molecule has 100 valence electrons. The molecule has 0 bridgehead atoms. The Bertz CT molecular complexity index is 582. The van der Waals surface area contributed by atoms with Crippen LogP contribution >= 0.6 is 0 Å². The quantitative estimate of drug-likeness (QED) is 0.911. The number of benzene rings is 1. The van der Waals surface area contributed by atoms with Crippen LogP contribution in [-0.2, 0) is 6.42 Å². The lowest BCUT2D eigenvalue weighted by Gasteiger charge is -2.12. The topological polar surface area (TPSA) is 61.0 Å². The van der Waals surface area contributed by atoms with Crippen LogP contribution in [0.1, 0.15) is 30.3 Å². The van der Waals surface area contributed by atoms with Crippen molar-refractivity contribution in [2.75, 3.05) is 5.73 Å². The Balaban J connectivity index is 2.36. The first-order valence-electron chi connectivity index (χ1n) is 6.48. The van der Waals surface area contributed by atoms with Crippen LogP contribution in [0.2, 0.25) is 0 Å². The minimum Gasteiger partial charge on any atom is -0.438 e. The summed E-state index contributed by atoms with van der Waals surface area (Å²) in [5.74, 6) is 2.56. The van der Waals surface area contributed by atoms with Crippen LogP contribution in [0.5, 0.6) is 11.6 Å². The molecule has 2 N–H and O–H groups in total. The Kier molecular flexibility index (Phi) is 4.00. The molecule has 4 nitrogen and oxygen atoms in total. The maximum atomic E-state index is 5.91. The Morgan fingerprint density at radius 3 is 2.58 bits per heavy atom. The van der Waals surface area contributed by atoms with E-state index in [9.17, 15) is 0 Å². The molecule has 4 heteroatoms. The average molecular weight is 257 g/mol. The smallest absolute Gasteiger partial charge is 0.227 e. The maximum absolute atomic E-state index is 5.91. The van der Waals surface area contributed by atoms with Gasteiger partial charge in [0.05, 0.1) is 5.56 Å². The normalized spacial score (nSPS) is 10.5. The van der Waals surface area contributed by atoms with Gasteiger partial charge in [-0.25, -0.2) is 4.98 Å². The molecule has 0 saturated heterocycles. The van der Waals surface area contributed by atoms with Gasteiger partial charge in [0.15, 0.2) is 0 Å². The minimum absolute atomic E-state index is 0.488. The van der Waals surface area contributed by atoms with Crippen molar-refractivity contribution in [3.05, 3.63) is 41.2 Å². The summed E-state index contributed by atoms with van der Waals surface area (Å²) >= 11 is 0. The van der Waals surface area contributed by atoms with Crippen molar-refractivity contribution in [1.82, 2.24) is 9.97 Å². The predicted molar refractivity (Wildman–Crippen MR) is 76.4 cm³/mol. The van der Waals surface area contributed by atoms with E-state index in [2.05, 4.69) is 16.9 Å². The molecule has 0 saturated carbocycles. The Hall–Kier alpha value is -2.10. The van der Waals surface area contributed by atoms with Gasteiger partial charge >= 0.3 is 0 Å². The first-order valence-corrected chi connectivity index (χ1v) is 6.48. The highest BCUT2D eigenvalue weighted by Gasteiger charge is 2.11. The van der Waals surface area contributed by atoms with Crippen molar-refractivity contribution < 1.29 is 4.74 Å². The van der Waals surface area contributed by atoms with Crippen molar-refractivity contribution >= 4 is 5.82 Å². The van der Waals surface area contributed by atoms with Gasteiger partial charge in [-0.1, -0.05) is 25.1 Å². The van der Waals surface area contributed by atoms with Gasteiger partial charge in [0.2, 0.25) is 5.88 Å². The zero-order valence-corrected chi connectivity index (χ0v) is 11.6. The number of nitrogens with zero attached hydrogens (tertiary/aromatic N) is 2. The number of aryl methyl sites for hydroxylation is 2. The second-order valence-electron chi connectivity index (χ2n) is 4.57. The second-order valence-corrected chi connectivity index (χ2v) is 4.57. The van der Waals surface area contributed by atoms with E-state index in [4.69, 9.17) is 10.5 Å². The van der Waals surface area contributed by atoms with Gasteiger partial charge in [-0.05, 0) is 31.9 Å². The summed E-state index contributed by atoms with van der Waals surface area (Å²) in [5.41, 5.74) is 7.76. The van der Waals surface area contributed by atoms with E-state index in [-0.39, 0.29) is 0 Å². The van der Waals surface area contributed by atoms with Crippen molar-refractivity contribution in [2.24, 2.45) is 0 Å². The van der Waals surface area contributed by atoms with Gasteiger partial charge in [-0.15, -0.1) is 0 Å². The van der Waals surface area contributed by atoms with E-state index in [0.29, 0.717) is 11.7 Å². The van der Waals surface area contributed by atoms with E-state index < -0.39 is 0 Å². The summed E-state index contributed by atoms with van der Waals surface area (Å²) in [5, 5.41) is 0. The van der Waals surface area contributed by atoms with Gasteiger partial charge < -0.3 is 10.5 Å².